The third kappa shape index (κ3) is 6.50. The highest BCUT2D eigenvalue weighted by molar-refractivity contribution is 7.89. The summed E-state index contributed by atoms with van der Waals surface area (Å²) in [5, 5.41) is 14.8. The minimum Gasteiger partial charge on any atom is -0.497 e. The number of piperazine rings is 1. The van der Waals surface area contributed by atoms with Crippen molar-refractivity contribution in [2.24, 2.45) is 5.73 Å². The van der Waals surface area contributed by atoms with E-state index in [0.717, 1.165) is 11.4 Å². The van der Waals surface area contributed by atoms with Crippen LogP contribution in [-0.4, -0.2) is 80.5 Å². The van der Waals surface area contributed by atoms with E-state index in [1.165, 1.54) is 4.31 Å². The number of sulfonamides is 1. The molecule has 0 unspecified atom stereocenters. The number of carboxylic acids is 2. The Balaban J connectivity index is 0.000000487. The summed E-state index contributed by atoms with van der Waals surface area (Å²) < 4.78 is 30.5. The summed E-state index contributed by atoms with van der Waals surface area (Å²) in [5.74, 6) is -2.81. The second-order valence-electron chi connectivity index (χ2n) is 5.30. The zero-order valence-corrected chi connectivity index (χ0v) is 15.2. The number of benzene rings is 1. The van der Waals surface area contributed by atoms with Crippen molar-refractivity contribution in [1.82, 2.24) is 4.31 Å². The lowest BCUT2D eigenvalue weighted by atomic mass is 10.2. The number of aliphatic carboxylic acids is 2. The van der Waals surface area contributed by atoms with Crippen LogP contribution in [-0.2, 0) is 19.6 Å². The fraction of sp³-hybridized carbons (Fsp3) is 0.467. The minimum absolute atomic E-state index is 0.0233. The molecule has 1 saturated heterocycles. The van der Waals surface area contributed by atoms with Crippen LogP contribution in [0.5, 0.6) is 5.75 Å². The zero-order valence-electron chi connectivity index (χ0n) is 14.4. The summed E-state index contributed by atoms with van der Waals surface area (Å²) in [6, 6.07) is 7.80. The van der Waals surface area contributed by atoms with E-state index in [1.807, 2.05) is 24.3 Å². The predicted octanol–water partition coefficient (Wildman–Crippen LogP) is -0.739. The van der Waals surface area contributed by atoms with Crippen LogP contribution in [0.25, 0.3) is 0 Å². The second kappa shape index (κ2) is 9.94. The minimum atomic E-state index is -3.19. The van der Waals surface area contributed by atoms with E-state index in [0.29, 0.717) is 26.2 Å². The lowest BCUT2D eigenvalue weighted by molar-refractivity contribution is -0.159. The maximum absolute atomic E-state index is 11.9. The number of carbonyl (C=O) groups is 2. The maximum Gasteiger partial charge on any atom is 0.414 e. The third-order valence-electron chi connectivity index (χ3n) is 3.63. The van der Waals surface area contributed by atoms with Gasteiger partial charge in [0.05, 0.1) is 12.9 Å². The van der Waals surface area contributed by atoms with Crippen LogP contribution in [0.3, 0.4) is 0 Å². The number of carboxylic acid groups (broad SMARTS) is 2. The Hall–Kier alpha value is -2.37. The highest BCUT2D eigenvalue weighted by atomic mass is 32.2. The first-order valence-corrected chi connectivity index (χ1v) is 9.35. The first-order valence-electron chi connectivity index (χ1n) is 7.74. The Bertz CT molecular complexity index is 686. The predicted molar refractivity (Wildman–Crippen MR) is 94.9 cm³/mol. The molecule has 1 aromatic rings. The molecule has 4 N–H and O–H groups in total. The molecule has 2 rings (SSSR count). The van der Waals surface area contributed by atoms with Gasteiger partial charge in [-0.1, -0.05) is 0 Å². The van der Waals surface area contributed by atoms with E-state index < -0.39 is 22.0 Å². The molecule has 1 aliphatic rings. The van der Waals surface area contributed by atoms with Gasteiger partial charge in [0, 0.05) is 38.4 Å². The molecule has 0 aliphatic carbocycles. The normalized spacial score (nSPS) is 14.9. The summed E-state index contributed by atoms with van der Waals surface area (Å²) in [7, 11) is -1.55. The fourth-order valence-electron chi connectivity index (χ4n) is 2.30. The molecule has 146 valence electrons. The number of anilines is 1. The van der Waals surface area contributed by atoms with Crippen molar-refractivity contribution in [1.29, 1.82) is 0 Å². The van der Waals surface area contributed by atoms with E-state index in [-0.39, 0.29) is 12.3 Å². The quantitative estimate of drug-likeness (QED) is 0.553. The molecule has 1 fully saturated rings. The Morgan fingerprint density at radius 3 is 1.96 bits per heavy atom. The molecule has 1 aromatic carbocycles. The van der Waals surface area contributed by atoms with Crippen molar-refractivity contribution in [3.05, 3.63) is 24.3 Å². The lowest BCUT2D eigenvalue weighted by Gasteiger charge is -2.35. The molecule has 1 aliphatic heterocycles. The first-order chi connectivity index (χ1) is 12.2. The SMILES string of the molecule is COc1ccc(N2CCN(S(=O)(=O)CCN)CC2)cc1.O=C(O)C(=O)O. The van der Waals surface area contributed by atoms with Crippen LogP contribution in [0.4, 0.5) is 5.69 Å². The number of nitrogens with two attached hydrogens (primary N) is 1. The van der Waals surface area contributed by atoms with Gasteiger partial charge in [-0.3, -0.25) is 0 Å². The van der Waals surface area contributed by atoms with E-state index in [2.05, 4.69) is 4.90 Å². The average Bonchev–Trinajstić information content (AvgIpc) is 2.62. The number of rotatable bonds is 5. The van der Waals surface area contributed by atoms with Gasteiger partial charge >= 0.3 is 11.9 Å². The van der Waals surface area contributed by atoms with E-state index in [1.54, 1.807) is 7.11 Å². The van der Waals surface area contributed by atoms with Gasteiger partial charge in [0.1, 0.15) is 5.75 Å². The molecule has 0 spiro atoms. The second-order valence-corrected chi connectivity index (χ2v) is 7.39. The van der Waals surface area contributed by atoms with Crippen molar-refractivity contribution >= 4 is 27.6 Å². The summed E-state index contributed by atoms with van der Waals surface area (Å²) in [4.78, 5) is 20.4. The molecular weight excluding hydrogens is 366 g/mol. The first kappa shape index (κ1) is 21.7. The maximum atomic E-state index is 11.9. The standard InChI is InChI=1S/C13H21N3O3S.C2H2O4/c1-19-13-4-2-12(3-5-13)15-7-9-16(10-8-15)20(17,18)11-6-14;3-1(4)2(5)6/h2-5H,6-11,14H2,1H3;(H,3,4)(H,5,6). The topological polar surface area (TPSA) is 150 Å². The lowest BCUT2D eigenvalue weighted by Crippen LogP contribution is -2.49. The summed E-state index contributed by atoms with van der Waals surface area (Å²) in [5.41, 5.74) is 6.42. The van der Waals surface area contributed by atoms with E-state index in [9.17, 15) is 8.42 Å². The summed E-state index contributed by atoms with van der Waals surface area (Å²) in [6.45, 7) is 2.57. The zero-order chi connectivity index (χ0) is 19.7. The van der Waals surface area contributed by atoms with Crippen LogP contribution in [0.1, 0.15) is 0 Å². The Morgan fingerprint density at radius 1 is 1.08 bits per heavy atom. The number of ether oxygens (including phenoxy) is 1. The molecular formula is C15H23N3O7S. The van der Waals surface area contributed by atoms with Crippen LogP contribution in [0.2, 0.25) is 0 Å². The fourth-order valence-corrected chi connectivity index (χ4v) is 3.57. The van der Waals surface area contributed by atoms with Crippen LogP contribution >= 0.6 is 0 Å². The summed E-state index contributed by atoms with van der Waals surface area (Å²) in [6.07, 6.45) is 0. The molecule has 11 heteroatoms. The average molecular weight is 389 g/mol. The smallest absolute Gasteiger partial charge is 0.414 e. The van der Waals surface area contributed by atoms with Crippen LogP contribution < -0.4 is 15.4 Å². The Labute approximate surface area is 151 Å². The molecule has 1 heterocycles. The molecule has 0 saturated carbocycles. The largest absolute Gasteiger partial charge is 0.497 e. The number of hydrogen-bond donors (Lipinski definition) is 3. The van der Waals surface area contributed by atoms with Gasteiger partial charge in [0.2, 0.25) is 10.0 Å². The van der Waals surface area contributed by atoms with Crippen molar-refractivity contribution in [3.8, 4) is 5.75 Å². The number of methoxy groups -OCH3 is 1. The van der Waals surface area contributed by atoms with Crippen molar-refractivity contribution in [2.75, 3.05) is 50.5 Å². The van der Waals surface area contributed by atoms with Gasteiger partial charge < -0.3 is 25.6 Å². The van der Waals surface area contributed by atoms with E-state index >= 15 is 0 Å². The Morgan fingerprint density at radius 2 is 1.58 bits per heavy atom. The van der Waals surface area contributed by atoms with Gasteiger partial charge in [-0.05, 0) is 24.3 Å². The summed E-state index contributed by atoms with van der Waals surface area (Å²) >= 11 is 0. The van der Waals surface area contributed by atoms with Gasteiger partial charge in [0.25, 0.3) is 0 Å². The molecule has 0 amide bonds. The molecule has 0 radical (unpaired) electrons. The van der Waals surface area contributed by atoms with E-state index in [4.69, 9.17) is 30.3 Å². The molecule has 0 bridgehead atoms. The Kier molecular flexibility index (Phi) is 8.29. The number of nitrogens with zero attached hydrogens (tertiary/aromatic N) is 2. The van der Waals surface area contributed by atoms with Gasteiger partial charge in [0.15, 0.2) is 0 Å². The molecule has 26 heavy (non-hydrogen) atoms. The highest BCUT2D eigenvalue weighted by Gasteiger charge is 2.26. The third-order valence-corrected chi connectivity index (χ3v) is 5.53. The molecule has 10 nitrogen and oxygen atoms in total. The van der Waals surface area contributed by atoms with Gasteiger partial charge in [-0.25, -0.2) is 18.0 Å². The monoisotopic (exact) mass is 389 g/mol. The van der Waals surface area contributed by atoms with Crippen molar-refractivity contribution in [2.45, 2.75) is 0 Å². The highest BCUT2D eigenvalue weighted by Crippen LogP contribution is 2.21. The van der Waals surface area contributed by atoms with Gasteiger partial charge in [-0.2, -0.15) is 4.31 Å². The van der Waals surface area contributed by atoms with Crippen LogP contribution in [0, 0.1) is 0 Å². The van der Waals surface area contributed by atoms with Crippen molar-refractivity contribution < 1.29 is 33.0 Å². The molecule has 0 atom stereocenters. The van der Waals surface area contributed by atoms with Crippen molar-refractivity contribution in [3.63, 3.8) is 0 Å². The van der Waals surface area contributed by atoms with Crippen LogP contribution in [0.15, 0.2) is 24.3 Å². The van der Waals surface area contributed by atoms with Gasteiger partial charge in [-0.15, -0.1) is 0 Å². The number of hydrogen-bond acceptors (Lipinski definition) is 7. The molecule has 0 aromatic heterocycles.